The SMILES string of the molecule is CSc1nccc(-c2n[nH]c3nc(NCCN(C)C)ncc23)n1. The minimum absolute atomic E-state index is 0.585. The first-order valence-electron chi connectivity index (χ1n) is 7.14. The molecule has 0 aliphatic heterocycles. The van der Waals surface area contributed by atoms with Gasteiger partial charge in [0, 0.05) is 25.5 Å². The quantitative estimate of drug-likeness (QED) is 0.519. The van der Waals surface area contributed by atoms with Crippen molar-refractivity contribution < 1.29 is 0 Å². The predicted molar refractivity (Wildman–Crippen MR) is 91.5 cm³/mol. The van der Waals surface area contributed by atoms with Crippen LogP contribution in [0.5, 0.6) is 0 Å². The molecule has 120 valence electrons. The summed E-state index contributed by atoms with van der Waals surface area (Å²) in [5.74, 6) is 0.585. The molecule has 0 spiro atoms. The number of aromatic nitrogens is 6. The Bertz CT molecular complexity index is 800. The number of thioether (sulfide) groups is 1. The third-order valence-electron chi connectivity index (χ3n) is 3.22. The van der Waals surface area contributed by atoms with Gasteiger partial charge in [-0.15, -0.1) is 0 Å². The summed E-state index contributed by atoms with van der Waals surface area (Å²) in [7, 11) is 4.05. The molecular formula is C14H18N8S. The minimum Gasteiger partial charge on any atom is -0.353 e. The van der Waals surface area contributed by atoms with Crippen molar-refractivity contribution in [2.24, 2.45) is 0 Å². The van der Waals surface area contributed by atoms with E-state index in [1.807, 2.05) is 26.4 Å². The Balaban J connectivity index is 1.86. The number of nitrogens with zero attached hydrogens (tertiary/aromatic N) is 6. The summed E-state index contributed by atoms with van der Waals surface area (Å²) >= 11 is 1.49. The predicted octanol–water partition coefficient (Wildman–Crippen LogP) is 1.51. The van der Waals surface area contributed by atoms with E-state index >= 15 is 0 Å². The summed E-state index contributed by atoms with van der Waals surface area (Å²) in [5.41, 5.74) is 2.18. The van der Waals surface area contributed by atoms with Gasteiger partial charge in [0.2, 0.25) is 5.95 Å². The fourth-order valence-corrected chi connectivity index (χ4v) is 2.41. The molecule has 3 rings (SSSR count). The molecule has 3 heterocycles. The lowest BCUT2D eigenvalue weighted by molar-refractivity contribution is 0.425. The van der Waals surface area contributed by atoms with E-state index < -0.39 is 0 Å². The summed E-state index contributed by atoms with van der Waals surface area (Å²) in [5, 5.41) is 12.0. The van der Waals surface area contributed by atoms with Crippen LogP contribution >= 0.6 is 11.8 Å². The number of rotatable bonds is 6. The van der Waals surface area contributed by atoms with E-state index in [1.165, 1.54) is 11.8 Å². The van der Waals surface area contributed by atoms with E-state index in [2.05, 4.69) is 40.3 Å². The average Bonchev–Trinajstić information content (AvgIpc) is 2.98. The molecule has 0 aliphatic rings. The molecule has 9 heteroatoms. The van der Waals surface area contributed by atoms with Gasteiger partial charge in [0.15, 0.2) is 10.8 Å². The number of aromatic amines is 1. The zero-order chi connectivity index (χ0) is 16.2. The molecule has 8 nitrogen and oxygen atoms in total. The zero-order valence-electron chi connectivity index (χ0n) is 13.2. The molecule has 0 saturated heterocycles. The van der Waals surface area contributed by atoms with E-state index in [0.29, 0.717) is 16.8 Å². The number of likely N-dealkylation sites (N-methyl/N-ethyl adjacent to an activating group) is 1. The van der Waals surface area contributed by atoms with Crippen LogP contribution in [0.15, 0.2) is 23.6 Å². The second-order valence-corrected chi connectivity index (χ2v) is 5.96. The molecule has 0 fully saturated rings. The van der Waals surface area contributed by atoms with E-state index in [9.17, 15) is 0 Å². The Morgan fingerprint density at radius 1 is 1.26 bits per heavy atom. The van der Waals surface area contributed by atoms with Crippen LogP contribution in [0.25, 0.3) is 22.4 Å². The molecule has 0 aromatic carbocycles. The lowest BCUT2D eigenvalue weighted by Crippen LogP contribution is -2.21. The largest absolute Gasteiger partial charge is 0.353 e. The first kappa shape index (κ1) is 15.6. The summed E-state index contributed by atoms with van der Waals surface area (Å²) in [4.78, 5) is 19.6. The second kappa shape index (κ2) is 6.88. The maximum atomic E-state index is 4.47. The molecule has 0 saturated carbocycles. The highest BCUT2D eigenvalue weighted by molar-refractivity contribution is 7.98. The van der Waals surface area contributed by atoms with Gasteiger partial charge in [-0.05, 0) is 26.4 Å². The third kappa shape index (κ3) is 3.57. The molecule has 3 aromatic rings. The van der Waals surface area contributed by atoms with E-state index in [0.717, 1.165) is 29.9 Å². The van der Waals surface area contributed by atoms with Gasteiger partial charge in [-0.25, -0.2) is 15.0 Å². The highest BCUT2D eigenvalue weighted by Crippen LogP contribution is 2.24. The van der Waals surface area contributed by atoms with Gasteiger partial charge < -0.3 is 10.2 Å². The molecule has 23 heavy (non-hydrogen) atoms. The topological polar surface area (TPSA) is 95.5 Å². The monoisotopic (exact) mass is 330 g/mol. The van der Waals surface area contributed by atoms with Crippen LogP contribution in [0.2, 0.25) is 0 Å². The Hall–Kier alpha value is -2.26. The van der Waals surface area contributed by atoms with Crippen LogP contribution in [0.1, 0.15) is 0 Å². The van der Waals surface area contributed by atoms with Crippen LogP contribution in [-0.4, -0.2) is 68.5 Å². The minimum atomic E-state index is 0.585. The van der Waals surface area contributed by atoms with Crippen molar-refractivity contribution in [1.82, 2.24) is 35.0 Å². The zero-order valence-corrected chi connectivity index (χ0v) is 14.1. The lowest BCUT2D eigenvalue weighted by Gasteiger charge is -2.09. The molecule has 0 unspecified atom stereocenters. The molecule has 0 aliphatic carbocycles. The summed E-state index contributed by atoms with van der Waals surface area (Å²) in [6.07, 6.45) is 5.43. The van der Waals surface area contributed by atoms with Gasteiger partial charge in [0.1, 0.15) is 5.69 Å². The smallest absolute Gasteiger partial charge is 0.224 e. The maximum Gasteiger partial charge on any atom is 0.224 e. The molecule has 2 N–H and O–H groups in total. The van der Waals surface area contributed by atoms with Crippen molar-refractivity contribution in [2.45, 2.75) is 5.16 Å². The molecular weight excluding hydrogens is 312 g/mol. The molecule has 3 aromatic heterocycles. The van der Waals surface area contributed by atoms with Crippen molar-refractivity contribution in [2.75, 3.05) is 38.8 Å². The average molecular weight is 330 g/mol. The van der Waals surface area contributed by atoms with Crippen LogP contribution in [0, 0.1) is 0 Å². The van der Waals surface area contributed by atoms with Crippen molar-refractivity contribution in [3.63, 3.8) is 0 Å². The Morgan fingerprint density at radius 2 is 2.13 bits per heavy atom. The van der Waals surface area contributed by atoms with E-state index in [1.54, 1.807) is 12.4 Å². The third-order valence-corrected chi connectivity index (χ3v) is 3.78. The maximum absolute atomic E-state index is 4.47. The summed E-state index contributed by atoms with van der Waals surface area (Å²) < 4.78 is 0. The van der Waals surface area contributed by atoms with E-state index in [4.69, 9.17) is 0 Å². The Morgan fingerprint density at radius 3 is 2.91 bits per heavy atom. The van der Waals surface area contributed by atoms with Gasteiger partial charge in [-0.1, -0.05) is 11.8 Å². The lowest BCUT2D eigenvalue weighted by atomic mass is 10.2. The number of anilines is 1. The fourth-order valence-electron chi connectivity index (χ4n) is 2.05. The second-order valence-electron chi connectivity index (χ2n) is 5.19. The number of H-pyrrole nitrogens is 1. The van der Waals surface area contributed by atoms with Gasteiger partial charge in [0.05, 0.1) is 11.1 Å². The van der Waals surface area contributed by atoms with E-state index in [-0.39, 0.29) is 0 Å². The highest BCUT2D eigenvalue weighted by Gasteiger charge is 2.12. The molecule has 0 atom stereocenters. The van der Waals surface area contributed by atoms with Crippen LogP contribution in [-0.2, 0) is 0 Å². The van der Waals surface area contributed by atoms with Crippen molar-refractivity contribution >= 4 is 28.7 Å². The van der Waals surface area contributed by atoms with Crippen molar-refractivity contribution in [3.05, 3.63) is 18.5 Å². The van der Waals surface area contributed by atoms with Crippen molar-refractivity contribution in [1.29, 1.82) is 0 Å². The molecule has 0 amide bonds. The Labute approximate surface area is 138 Å². The van der Waals surface area contributed by atoms with Crippen LogP contribution in [0.3, 0.4) is 0 Å². The van der Waals surface area contributed by atoms with Gasteiger partial charge in [0.25, 0.3) is 0 Å². The summed E-state index contributed by atoms with van der Waals surface area (Å²) in [6.45, 7) is 1.69. The van der Waals surface area contributed by atoms with Crippen LogP contribution in [0.4, 0.5) is 5.95 Å². The number of hydrogen-bond acceptors (Lipinski definition) is 8. The van der Waals surface area contributed by atoms with Crippen LogP contribution < -0.4 is 5.32 Å². The molecule has 0 bridgehead atoms. The highest BCUT2D eigenvalue weighted by atomic mass is 32.2. The van der Waals surface area contributed by atoms with Gasteiger partial charge in [-0.3, -0.25) is 5.10 Å². The standard InChI is InChI=1S/C14H18N8S/c1-22(2)7-6-15-13-17-8-9-11(20-21-12(9)19-13)10-4-5-16-14(18-10)23-3/h4-5,8H,6-7H2,1-3H3,(H2,15,17,19,20,21). The fraction of sp³-hybridized carbons (Fsp3) is 0.357. The molecule has 0 radical (unpaired) electrons. The van der Waals surface area contributed by atoms with Crippen molar-refractivity contribution in [3.8, 4) is 11.4 Å². The number of nitrogens with one attached hydrogen (secondary N) is 2. The van der Waals surface area contributed by atoms with Gasteiger partial charge in [-0.2, -0.15) is 10.1 Å². The summed E-state index contributed by atoms with van der Waals surface area (Å²) in [6, 6.07) is 1.83. The Kier molecular flexibility index (Phi) is 4.68. The van der Waals surface area contributed by atoms with Gasteiger partial charge >= 0.3 is 0 Å². The number of fused-ring (bicyclic) bond motifs is 1. The normalized spacial score (nSPS) is 11.3. The number of hydrogen-bond donors (Lipinski definition) is 2. The first-order chi connectivity index (χ1) is 11.2. The first-order valence-corrected chi connectivity index (χ1v) is 8.37.